The molecule has 0 saturated heterocycles. The number of hydrogen-bond donors (Lipinski definition) is 0. The minimum atomic E-state index is 0.581. The van der Waals surface area contributed by atoms with Crippen molar-refractivity contribution < 1.29 is 0 Å². The van der Waals surface area contributed by atoms with Gasteiger partial charge in [0.05, 0.1) is 5.92 Å². The highest BCUT2D eigenvalue weighted by Crippen LogP contribution is 2.51. The molecule has 6 rings (SSSR count). The van der Waals surface area contributed by atoms with Gasteiger partial charge in [0, 0.05) is 34.6 Å². The lowest BCUT2D eigenvalue weighted by Gasteiger charge is -2.29. The number of hydrogen-bond acceptors (Lipinski definition) is 0. The number of aryl methyl sites for hydroxylation is 1. The first-order valence-electron chi connectivity index (χ1n) is 19.3. The van der Waals surface area contributed by atoms with Crippen LogP contribution in [-0.4, -0.2) is 0 Å². The first-order chi connectivity index (χ1) is 26.8. The number of unbranched alkanes of at least 4 members (excludes halogenated alkanes) is 9. The molecule has 0 atom stereocenters. The lowest BCUT2D eigenvalue weighted by Crippen LogP contribution is -2.11. The maximum atomic E-state index is 7.25. The van der Waals surface area contributed by atoms with Crippen LogP contribution in [0.25, 0.3) is 33.4 Å². The smallest absolute Gasteiger partial charge is 0.0662 e. The SMILES string of the molecule is CCCCCCCCCCCCc1cc([C](c2ccc(Cl)cc2Cl)c2ccccc2Br)c(-c2ccc(Br)cc2)c(-c2ccccc2Cl)c1-c1ccc(Cl)cc1. The molecule has 6 heteroatoms. The van der Waals surface area contributed by atoms with Gasteiger partial charge in [0.25, 0.3) is 0 Å². The van der Waals surface area contributed by atoms with Crippen molar-refractivity contribution in [2.75, 3.05) is 0 Å². The van der Waals surface area contributed by atoms with Crippen molar-refractivity contribution in [1.82, 2.24) is 0 Å². The number of benzene rings is 6. The van der Waals surface area contributed by atoms with Crippen molar-refractivity contribution >= 4 is 78.3 Å². The Hall–Kier alpha value is -2.56. The van der Waals surface area contributed by atoms with Gasteiger partial charge in [-0.1, -0.05) is 216 Å². The minimum absolute atomic E-state index is 0.581. The first-order valence-corrected chi connectivity index (χ1v) is 22.4. The van der Waals surface area contributed by atoms with Crippen molar-refractivity contribution in [3.63, 3.8) is 0 Å². The molecule has 1 radical (unpaired) electrons. The van der Waals surface area contributed by atoms with Gasteiger partial charge in [-0.15, -0.1) is 0 Å². The second-order valence-electron chi connectivity index (χ2n) is 14.1. The van der Waals surface area contributed by atoms with Gasteiger partial charge in [0.2, 0.25) is 0 Å². The van der Waals surface area contributed by atoms with Crippen molar-refractivity contribution in [2.24, 2.45) is 0 Å². The van der Waals surface area contributed by atoms with Crippen LogP contribution in [0.2, 0.25) is 20.1 Å². The Morgan fingerprint density at radius 2 is 1.05 bits per heavy atom. The third-order valence-corrected chi connectivity index (χ3v) is 12.6. The van der Waals surface area contributed by atoms with Crippen molar-refractivity contribution in [3.8, 4) is 33.4 Å². The molecule has 0 aliphatic carbocycles. The maximum Gasteiger partial charge on any atom is 0.0662 e. The van der Waals surface area contributed by atoms with Crippen LogP contribution in [0.3, 0.4) is 0 Å². The van der Waals surface area contributed by atoms with Gasteiger partial charge < -0.3 is 0 Å². The van der Waals surface area contributed by atoms with Gasteiger partial charge in [0.1, 0.15) is 0 Å². The van der Waals surface area contributed by atoms with Gasteiger partial charge in [-0.2, -0.15) is 0 Å². The molecule has 283 valence electrons. The Morgan fingerprint density at radius 3 is 1.71 bits per heavy atom. The molecule has 0 N–H and O–H groups in total. The van der Waals surface area contributed by atoms with E-state index in [2.05, 4.69) is 112 Å². The normalized spacial score (nSPS) is 11.4. The number of halogens is 6. The second kappa shape index (κ2) is 20.7. The molecule has 0 aliphatic heterocycles. The summed E-state index contributed by atoms with van der Waals surface area (Å²) in [6.45, 7) is 2.28. The molecule has 55 heavy (non-hydrogen) atoms. The van der Waals surface area contributed by atoms with Gasteiger partial charge >= 0.3 is 0 Å². The summed E-state index contributed by atoms with van der Waals surface area (Å²) in [5.74, 6) is 1.01. The highest BCUT2D eigenvalue weighted by molar-refractivity contribution is 9.10. The largest absolute Gasteiger partial charge is 0.0843 e. The average Bonchev–Trinajstić information content (AvgIpc) is 3.18. The fourth-order valence-electron chi connectivity index (χ4n) is 7.52. The van der Waals surface area contributed by atoms with Gasteiger partial charge in [-0.25, -0.2) is 0 Å². The fraction of sp³-hybridized carbons (Fsp3) is 0.245. The Balaban J connectivity index is 1.62. The van der Waals surface area contributed by atoms with E-state index < -0.39 is 0 Å². The summed E-state index contributed by atoms with van der Waals surface area (Å²) in [5.41, 5.74) is 10.7. The minimum Gasteiger partial charge on any atom is -0.0843 e. The standard InChI is InChI=1S/C49H45Br2Cl4/c1-2-3-4-5-6-7-8-9-10-11-16-35-31-42(48(39-17-12-14-19-43(39)51)41-30-29-38(53)32-45(41)55)47(34-21-25-36(50)26-22-34)49(40-18-13-15-20-44(40)54)46(35)33-23-27-37(52)28-24-33/h12-15,17-32H,2-11,16H2,1H3. The molecule has 0 spiro atoms. The number of rotatable bonds is 17. The van der Waals surface area contributed by atoms with E-state index in [4.69, 9.17) is 46.4 Å². The van der Waals surface area contributed by atoms with Crippen LogP contribution in [0.15, 0.2) is 130 Å². The predicted molar refractivity (Wildman–Crippen MR) is 247 cm³/mol. The van der Waals surface area contributed by atoms with E-state index in [9.17, 15) is 0 Å². The van der Waals surface area contributed by atoms with Crippen LogP contribution >= 0.6 is 78.3 Å². The molecular formula is C49H45Br2Cl4. The van der Waals surface area contributed by atoms with Crippen molar-refractivity contribution in [3.05, 3.63) is 179 Å². The van der Waals surface area contributed by atoms with Crippen LogP contribution in [0, 0.1) is 5.92 Å². The second-order valence-corrected chi connectivity index (χ2v) is 17.6. The van der Waals surface area contributed by atoms with Crippen LogP contribution in [0.5, 0.6) is 0 Å². The molecule has 6 aromatic carbocycles. The van der Waals surface area contributed by atoms with Crippen molar-refractivity contribution in [2.45, 2.75) is 77.6 Å². The summed E-state index contributed by atoms with van der Waals surface area (Å²) >= 11 is 35.1. The molecule has 0 aromatic heterocycles. The predicted octanol–water partition coefficient (Wildman–Crippen LogP) is 18.3. The van der Waals surface area contributed by atoms with E-state index >= 15 is 0 Å². The summed E-state index contributed by atoms with van der Waals surface area (Å²) in [5, 5.41) is 2.55. The van der Waals surface area contributed by atoms with Crippen LogP contribution < -0.4 is 0 Å². The maximum absolute atomic E-state index is 7.25. The van der Waals surface area contributed by atoms with Gasteiger partial charge in [-0.05, 0) is 111 Å². The molecular weight excluding hydrogens is 890 g/mol. The molecule has 0 bridgehead atoms. The molecule has 0 nitrogen and oxygen atoms in total. The third kappa shape index (κ3) is 10.7. The van der Waals surface area contributed by atoms with E-state index in [0.29, 0.717) is 20.1 Å². The quantitative estimate of drug-likeness (QED) is 0.0631. The highest BCUT2D eigenvalue weighted by atomic mass is 79.9. The van der Waals surface area contributed by atoms with E-state index in [1.165, 1.54) is 63.4 Å². The van der Waals surface area contributed by atoms with Crippen molar-refractivity contribution in [1.29, 1.82) is 0 Å². The Labute approximate surface area is 364 Å². The van der Waals surface area contributed by atoms with E-state index in [0.717, 1.165) is 77.8 Å². The highest BCUT2D eigenvalue weighted by Gasteiger charge is 2.31. The van der Waals surface area contributed by atoms with E-state index in [-0.39, 0.29) is 0 Å². The topological polar surface area (TPSA) is 0 Å². The zero-order chi connectivity index (χ0) is 38.7. The molecule has 0 aliphatic rings. The Kier molecular flexibility index (Phi) is 15.9. The van der Waals surface area contributed by atoms with Gasteiger partial charge in [0.15, 0.2) is 0 Å². The van der Waals surface area contributed by atoms with Gasteiger partial charge in [-0.3, -0.25) is 0 Å². The zero-order valence-corrected chi connectivity index (χ0v) is 37.3. The fourth-order valence-corrected chi connectivity index (χ4v) is 9.13. The van der Waals surface area contributed by atoms with Crippen LogP contribution in [0.4, 0.5) is 0 Å². The lowest BCUT2D eigenvalue weighted by molar-refractivity contribution is 0.556. The molecule has 0 unspecified atom stereocenters. The molecule has 6 aromatic rings. The molecule has 0 fully saturated rings. The summed E-state index contributed by atoms with van der Waals surface area (Å²) in [4.78, 5) is 0. The summed E-state index contributed by atoms with van der Waals surface area (Å²) in [6.07, 6.45) is 13.7. The van der Waals surface area contributed by atoms with Crippen LogP contribution in [-0.2, 0) is 6.42 Å². The molecule has 0 saturated carbocycles. The van der Waals surface area contributed by atoms with Crippen LogP contribution in [0.1, 0.15) is 93.4 Å². The monoisotopic (exact) mass is 931 g/mol. The molecule has 0 heterocycles. The van der Waals surface area contributed by atoms with E-state index in [1.54, 1.807) is 0 Å². The Morgan fingerprint density at radius 1 is 0.473 bits per heavy atom. The summed E-state index contributed by atoms with van der Waals surface area (Å²) < 4.78 is 1.97. The van der Waals surface area contributed by atoms with E-state index in [1.807, 2.05) is 48.5 Å². The third-order valence-electron chi connectivity index (χ3n) is 10.2. The average molecular weight is 936 g/mol. The zero-order valence-electron chi connectivity index (χ0n) is 31.1. The first kappa shape index (κ1) is 42.1. The summed E-state index contributed by atoms with van der Waals surface area (Å²) in [7, 11) is 0. The molecule has 0 amide bonds. The lowest BCUT2D eigenvalue weighted by atomic mass is 9.74. The summed E-state index contributed by atoms with van der Waals surface area (Å²) in [6, 6.07) is 41.5. The Bertz CT molecular complexity index is 2180.